The number of carbonyl (C=O) groups excluding carboxylic acids is 1. The number of nitrogens with zero attached hydrogens (tertiary/aromatic N) is 1. The summed E-state index contributed by atoms with van der Waals surface area (Å²) in [7, 11) is 0. The van der Waals surface area contributed by atoms with E-state index in [0.717, 1.165) is 28.2 Å². The van der Waals surface area contributed by atoms with Gasteiger partial charge in [-0.2, -0.15) is 0 Å². The Balaban J connectivity index is 2.21. The number of nitrogens with two attached hydrogens (primary N) is 1. The van der Waals surface area contributed by atoms with Crippen LogP contribution in [0, 0.1) is 6.92 Å². The van der Waals surface area contributed by atoms with Crippen molar-refractivity contribution in [3.05, 3.63) is 70.4 Å². The number of amides is 1. The first-order chi connectivity index (χ1) is 14.3. The second-order valence-corrected chi connectivity index (χ2v) is 7.31. The lowest BCUT2D eigenvalue weighted by Crippen LogP contribution is -2.12. The summed E-state index contributed by atoms with van der Waals surface area (Å²) in [4.78, 5) is 22.7. The molecule has 0 fully saturated rings. The Kier molecular flexibility index (Phi) is 6.47. The maximum Gasteiger partial charge on any atom is 0.303 e. The summed E-state index contributed by atoms with van der Waals surface area (Å²) in [6, 6.07) is 14.5. The molecule has 0 saturated heterocycles. The summed E-state index contributed by atoms with van der Waals surface area (Å²) in [5.74, 6) is -0.730. The van der Waals surface area contributed by atoms with E-state index >= 15 is 0 Å². The predicted octanol–water partition coefficient (Wildman–Crippen LogP) is 4.62. The molecule has 30 heavy (non-hydrogen) atoms. The molecule has 0 radical (unpaired) electrons. The summed E-state index contributed by atoms with van der Waals surface area (Å²) in [6.45, 7) is 4.26. The Morgan fingerprint density at radius 2 is 1.90 bits per heavy atom. The number of hydrogen-bond acceptors (Lipinski definition) is 3. The average Bonchev–Trinajstić information content (AvgIpc) is 3.10. The van der Waals surface area contributed by atoms with Gasteiger partial charge in [0.15, 0.2) is 0 Å². The molecular formula is C23H23ClN2O4. The molecule has 2 aromatic carbocycles. The monoisotopic (exact) mass is 426 g/mol. The Bertz CT molecular complexity index is 1100. The van der Waals surface area contributed by atoms with Crippen LogP contribution in [0.5, 0.6) is 5.75 Å². The van der Waals surface area contributed by atoms with Crippen molar-refractivity contribution >= 4 is 23.5 Å². The van der Waals surface area contributed by atoms with Crippen molar-refractivity contribution in [3.8, 4) is 22.7 Å². The second-order valence-electron chi connectivity index (χ2n) is 6.88. The zero-order valence-corrected chi connectivity index (χ0v) is 17.6. The number of aliphatic carboxylic acids is 1. The number of aromatic nitrogens is 1. The van der Waals surface area contributed by atoms with Gasteiger partial charge in [-0.3, -0.25) is 9.59 Å². The van der Waals surface area contributed by atoms with Crippen LogP contribution in [0.1, 0.15) is 35.0 Å². The molecule has 1 heterocycles. The Labute approximate surface area is 179 Å². The quantitative estimate of drug-likeness (QED) is 0.549. The van der Waals surface area contributed by atoms with Gasteiger partial charge in [0.2, 0.25) is 5.91 Å². The van der Waals surface area contributed by atoms with Crippen molar-refractivity contribution in [2.45, 2.75) is 26.7 Å². The summed E-state index contributed by atoms with van der Waals surface area (Å²) in [6.07, 6.45) is 0.352. The predicted molar refractivity (Wildman–Crippen MR) is 117 cm³/mol. The van der Waals surface area contributed by atoms with Crippen molar-refractivity contribution in [1.82, 2.24) is 4.57 Å². The number of carbonyl (C=O) groups is 2. The van der Waals surface area contributed by atoms with Gasteiger partial charge in [-0.1, -0.05) is 11.6 Å². The van der Waals surface area contributed by atoms with Crippen LogP contribution in [0.2, 0.25) is 5.02 Å². The van der Waals surface area contributed by atoms with Crippen LogP contribution in [-0.4, -0.2) is 28.2 Å². The first-order valence-electron chi connectivity index (χ1n) is 9.57. The van der Waals surface area contributed by atoms with Gasteiger partial charge in [0, 0.05) is 27.5 Å². The number of hydrogen-bond donors (Lipinski definition) is 2. The van der Waals surface area contributed by atoms with Gasteiger partial charge >= 0.3 is 5.97 Å². The zero-order valence-electron chi connectivity index (χ0n) is 16.8. The van der Waals surface area contributed by atoms with Crippen LogP contribution in [0.15, 0.2) is 48.5 Å². The third kappa shape index (κ3) is 4.49. The molecule has 0 aliphatic heterocycles. The minimum Gasteiger partial charge on any atom is -0.493 e. The standard InChI is InChI=1S/C23H23ClN2O4/c1-3-30-21-13-16(24)5-8-18(21)20-10-6-17(7-11-22(27)28)26(20)19-9-4-15(23(25)29)12-14(19)2/h4-6,8-10,12-13H,3,7,11H2,1-2H3,(H2,25,29)(H,27,28). The molecule has 3 rings (SSSR count). The number of aryl methyl sites for hydroxylation is 2. The molecule has 0 aliphatic carbocycles. The molecule has 3 N–H and O–H groups in total. The molecule has 3 aromatic rings. The number of carboxylic acid groups (broad SMARTS) is 1. The van der Waals surface area contributed by atoms with E-state index in [1.165, 1.54) is 0 Å². The summed E-state index contributed by atoms with van der Waals surface area (Å²) in [5, 5.41) is 9.72. The van der Waals surface area contributed by atoms with Gasteiger partial charge in [0.05, 0.1) is 18.7 Å². The summed E-state index contributed by atoms with van der Waals surface area (Å²) >= 11 is 6.16. The molecule has 0 atom stereocenters. The molecule has 1 amide bonds. The van der Waals surface area contributed by atoms with Gasteiger partial charge in [-0.15, -0.1) is 0 Å². The topological polar surface area (TPSA) is 94.6 Å². The third-order valence-corrected chi connectivity index (χ3v) is 5.03. The molecular weight excluding hydrogens is 404 g/mol. The molecule has 7 heteroatoms. The van der Waals surface area contributed by atoms with Gasteiger partial charge in [0.25, 0.3) is 0 Å². The van der Waals surface area contributed by atoms with E-state index in [1.807, 2.05) is 42.7 Å². The Hall–Kier alpha value is -3.25. The lowest BCUT2D eigenvalue weighted by molar-refractivity contribution is -0.136. The van der Waals surface area contributed by atoms with Gasteiger partial charge in [-0.05, 0) is 74.4 Å². The Morgan fingerprint density at radius 1 is 1.13 bits per heavy atom. The SMILES string of the molecule is CCOc1cc(Cl)ccc1-c1ccc(CCC(=O)O)n1-c1ccc(C(N)=O)cc1C. The van der Waals surface area contributed by atoms with Crippen LogP contribution in [0.4, 0.5) is 0 Å². The first-order valence-corrected chi connectivity index (χ1v) is 9.95. The molecule has 0 spiro atoms. The maximum absolute atomic E-state index is 11.6. The van der Waals surface area contributed by atoms with E-state index in [4.69, 9.17) is 27.2 Å². The van der Waals surface area contributed by atoms with Crippen molar-refractivity contribution in [1.29, 1.82) is 0 Å². The Morgan fingerprint density at radius 3 is 2.53 bits per heavy atom. The fourth-order valence-corrected chi connectivity index (χ4v) is 3.61. The van der Waals surface area contributed by atoms with E-state index in [9.17, 15) is 9.59 Å². The van der Waals surface area contributed by atoms with Crippen molar-refractivity contribution in [2.24, 2.45) is 5.73 Å². The largest absolute Gasteiger partial charge is 0.493 e. The zero-order chi connectivity index (χ0) is 21.8. The van der Waals surface area contributed by atoms with E-state index in [2.05, 4.69) is 0 Å². The summed E-state index contributed by atoms with van der Waals surface area (Å²) in [5.41, 5.74) is 10.0. The number of halogens is 1. The fourth-order valence-electron chi connectivity index (χ4n) is 3.45. The molecule has 0 unspecified atom stereocenters. The van der Waals surface area contributed by atoms with E-state index in [0.29, 0.717) is 29.4 Å². The highest BCUT2D eigenvalue weighted by atomic mass is 35.5. The molecule has 0 saturated carbocycles. The lowest BCUT2D eigenvalue weighted by atomic mass is 10.1. The van der Waals surface area contributed by atoms with E-state index < -0.39 is 11.9 Å². The average molecular weight is 427 g/mol. The van der Waals surface area contributed by atoms with Crippen LogP contribution in [0.25, 0.3) is 16.9 Å². The molecule has 1 aromatic heterocycles. The van der Waals surface area contributed by atoms with Crippen LogP contribution >= 0.6 is 11.6 Å². The van der Waals surface area contributed by atoms with Crippen molar-refractivity contribution < 1.29 is 19.4 Å². The second kappa shape index (κ2) is 9.05. The van der Waals surface area contributed by atoms with Gasteiger partial charge in [-0.25, -0.2) is 0 Å². The lowest BCUT2D eigenvalue weighted by Gasteiger charge is -2.18. The third-order valence-electron chi connectivity index (χ3n) is 4.80. The number of benzene rings is 2. The molecule has 6 nitrogen and oxygen atoms in total. The van der Waals surface area contributed by atoms with Crippen molar-refractivity contribution in [2.75, 3.05) is 6.61 Å². The van der Waals surface area contributed by atoms with E-state index in [1.54, 1.807) is 24.3 Å². The highest BCUT2D eigenvalue weighted by Crippen LogP contribution is 2.36. The number of primary amides is 1. The van der Waals surface area contributed by atoms with Gasteiger partial charge < -0.3 is 20.1 Å². The van der Waals surface area contributed by atoms with Crippen LogP contribution < -0.4 is 10.5 Å². The number of rotatable bonds is 8. The highest BCUT2D eigenvalue weighted by Gasteiger charge is 2.18. The maximum atomic E-state index is 11.6. The smallest absolute Gasteiger partial charge is 0.303 e. The highest BCUT2D eigenvalue weighted by molar-refractivity contribution is 6.30. The number of ether oxygens (including phenoxy) is 1. The molecule has 156 valence electrons. The first kappa shape index (κ1) is 21.5. The number of carboxylic acids is 1. The van der Waals surface area contributed by atoms with E-state index in [-0.39, 0.29) is 6.42 Å². The normalized spacial score (nSPS) is 10.8. The molecule has 0 aliphatic rings. The van der Waals surface area contributed by atoms with Crippen LogP contribution in [0.3, 0.4) is 0 Å². The van der Waals surface area contributed by atoms with Crippen LogP contribution in [-0.2, 0) is 11.2 Å². The van der Waals surface area contributed by atoms with Crippen molar-refractivity contribution in [3.63, 3.8) is 0 Å². The molecule has 0 bridgehead atoms. The van der Waals surface area contributed by atoms with Gasteiger partial charge in [0.1, 0.15) is 5.75 Å². The fraction of sp³-hybridized carbons (Fsp3) is 0.217. The minimum atomic E-state index is -0.869. The summed E-state index contributed by atoms with van der Waals surface area (Å²) < 4.78 is 7.79. The minimum absolute atomic E-state index is 0.000799.